The molecule has 0 unspecified atom stereocenters. The van der Waals surface area contributed by atoms with Gasteiger partial charge in [-0.15, -0.1) is 0 Å². The first-order valence-corrected chi connectivity index (χ1v) is 6.08. The molecule has 0 saturated heterocycles. The molecule has 0 saturated carbocycles. The van der Waals surface area contributed by atoms with Crippen LogP contribution in [0.4, 0.5) is 0 Å². The van der Waals surface area contributed by atoms with Gasteiger partial charge in [0.25, 0.3) is 0 Å². The predicted molar refractivity (Wildman–Crippen MR) is 69.3 cm³/mol. The van der Waals surface area contributed by atoms with Crippen molar-refractivity contribution in [3.05, 3.63) is 42.1 Å². The number of nitrogens with zero attached hydrogens (tertiary/aromatic N) is 5. The molecule has 20 heavy (non-hydrogen) atoms. The van der Waals surface area contributed by atoms with Crippen LogP contribution in [-0.2, 0) is 6.42 Å². The third-order valence-electron chi connectivity index (χ3n) is 2.73. The van der Waals surface area contributed by atoms with Crippen molar-refractivity contribution in [1.82, 2.24) is 30.1 Å². The summed E-state index contributed by atoms with van der Waals surface area (Å²) in [5.41, 5.74) is 7.89. The molecule has 0 fully saturated rings. The summed E-state index contributed by atoms with van der Waals surface area (Å²) in [5, 5.41) is 3.85. The van der Waals surface area contributed by atoms with Gasteiger partial charge in [-0.05, 0) is 12.5 Å². The summed E-state index contributed by atoms with van der Waals surface area (Å²) in [5.74, 6) is 1.10. The normalized spacial score (nSPS) is 12.5. The number of imidazole rings is 1. The summed E-state index contributed by atoms with van der Waals surface area (Å²) in [6, 6.07) is -0.401. The van der Waals surface area contributed by atoms with Gasteiger partial charge in [0.15, 0.2) is 0 Å². The maximum absolute atomic E-state index is 6.02. The lowest BCUT2D eigenvalue weighted by molar-refractivity contribution is 0.353. The third kappa shape index (κ3) is 2.54. The van der Waals surface area contributed by atoms with Crippen LogP contribution in [0.1, 0.15) is 23.2 Å². The van der Waals surface area contributed by atoms with Gasteiger partial charge in [0.05, 0.1) is 12.4 Å². The zero-order valence-corrected chi connectivity index (χ0v) is 10.8. The number of nitrogens with two attached hydrogens (primary N) is 1. The van der Waals surface area contributed by atoms with Gasteiger partial charge in [-0.3, -0.25) is 0 Å². The van der Waals surface area contributed by atoms with Gasteiger partial charge in [-0.1, -0.05) is 5.16 Å². The molecule has 0 radical (unpaired) electrons. The maximum Gasteiger partial charge on any atom is 0.244 e. The second-order valence-electron chi connectivity index (χ2n) is 4.43. The minimum atomic E-state index is -0.401. The Labute approximate surface area is 114 Å². The molecule has 3 aromatic heterocycles. The fraction of sp³-hybridized carbons (Fsp3) is 0.250. The van der Waals surface area contributed by atoms with E-state index in [1.54, 1.807) is 24.9 Å². The number of aromatic nitrogens is 6. The van der Waals surface area contributed by atoms with Gasteiger partial charge in [-0.2, -0.15) is 4.98 Å². The zero-order valence-electron chi connectivity index (χ0n) is 10.8. The highest BCUT2D eigenvalue weighted by atomic mass is 16.5. The highest BCUT2D eigenvalue weighted by Crippen LogP contribution is 2.16. The van der Waals surface area contributed by atoms with Gasteiger partial charge >= 0.3 is 0 Å². The number of hydrogen-bond donors (Lipinski definition) is 2. The maximum atomic E-state index is 6.02. The van der Waals surface area contributed by atoms with Crippen molar-refractivity contribution in [2.75, 3.05) is 0 Å². The number of H-pyrrole nitrogens is 1. The molecule has 0 aliphatic heterocycles. The summed E-state index contributed by atoms with van der Waals surface area (Å²) in [6.45, 7) is 1.91. The molecule has 102 valence electrons. The molecular weight excluding hydrogens is 258 g/mol. The molecule has 0 aliphatic carbocycles. The van der Waals surface area contributed by atoms with Gasteiger partial charge in [0.1, 0.15) is 0 Å². The monoisotopic (exact) mass is 271 g/mol. The first-order valence-electron chi connectivity index (χ1n) is 6.08. The molecule has 8 heteroatoms. The van der Waals surface area contributed by atoms with E-state index in [2.05, 4.69) is 30.1 Å². The van der Waals surface area contributed by atoms with Crippen LogP contribution in [0.15, 0.2) is 29.4 Å². The molecule has 3 rings (SSSR count). The molecule has 3 aromatic rings. The highest BCUT2D eigenvalue weighted by molar-refractivity contribution is 5.41. The molecule has 3 N–H and O–H groups in total. The second kappa shape index (κ2) is 5.17. The molecule has 3 heterocycles. The number of aromatic amines is 1. The van der Waals surface area contributed by atoms with E-state index in [1.165, 1.54) is 0 Å². The van der Waals surface area contributed by atoms with E-state index in [-0.39, 0.29) is 0 Å². The first-order chi connectivity index (χ1) is 9.72. The predicted octanol–water partition coefficient (Wildman–Crippen LogP) is 0.801. The van der Waals surface area contributed by atoms with E-state index in [4.69, 9.17) is 10.3 Å². The van der Waals surface area contributed by atoms with Crippen molar-refractivity contribution < 1.29 is 4.52 Å². The van der Waals surface area contributed by atoms with Crippen LogP contribution in [0.5, 0.6) is 0 Å². The van der Waals surface area contributed by atoms with E-state index < -0.39 is 6.04 Å². The summed E-state index contributed by atoms with van der Waals surface area (Å²) in [4.78, 5) is 19.4. The average Bonchev–Trinajstić information content (AvgIpc) is 3.10. The molecule has 0 amide bonds. The van der Waals surface area contributed by atoms with E-state index in [9.17, 15) is 0 Å². The summed E-state index contributed by atoms with van der Waals surface area (Å²) in [6.07, 6.45) is 7.24. The largest absolute Gasteiger partial charge is 0.348 e. The van der Waals surface area contributed by atoms with Gasteiger partial charge in [0, 0.05) is 30.7 Å². The standard InChI is InChI=1S/C12H13N7O/c1-7-3-15-10(16-4-7)11-18-12(20-19-11)9(13)2-8-5-14-6-17-8/h3-6,9H,2,13H2,1H3,(H,14,17)/t9-/m0/s1. The fourth-order valence-electron chi connectivity index (χ4n) is 1.71. The fourth-order valence-corrected chi connectivity index (χ4v) is 1.71. The SMILES string of the molecule is Cc1cnc(-c2noc([C@@H](N)Cc3cnc[nH]3)n2)nc1. The Morgan fingerprint density at radius 1 is 1.25 bits per heavy atom. The Morgan fingerprint density at radius 2 is 2.05 bits per heavy atom. The first kappa shape index (κ1) is 12.4. The smallest absolute Gasteiger partial charge is 0.244 e. The van der Waals surface area contributed by atoms with E-state index in [0.29, 0.717) is 24.0 Å². The topological polar surface area (TPSA) is 119 Å². The lowest BCUT2D eigenvalue weighted by Gasteiger charge is -2.03. The number of hydrogen-bond acceptors (Lipinski definition) is 7. The Morgan fingerprint density at radius 3 is 2.75 bits per heavy atom. The Hall–Kier alpha value is -2.61. The lowest BCUT2D eigenvalue weighted by Crippen LogP contribution is -2.14. The molecule has 0 bridgehead atoms. The van der Waals surface area contributed by atoms with Crippen molar-refractivity contribution in [2.45, 2.75) is 19.4 Å². The minimum Gasteiger partial charge on any atom is -0.348 e. The molecular formula is C12H13N7O. The highest BCUT2D eigenvalue weighted by Gasteiger charge is 2.17. The number of rotatable bonds is 4. The molecule has 0 aromatic carbocycles. The van der Waals surface area contributed by atoms with Crippen LogP contribution >= 0.6 is 0 Å². The van der Waals surface area contributed by atoms with Gasteiger partial charge < -0.3 is 15.2 Å². The average molecular weight is 271 g/mol. The lowest BCUT2D eigenvalue weighted by atomic mass is 10.2. The Kier molecular flexibility index (Phi) is 3.21. The third-order valence-corrected chi connectivity index (χ3v) is 2.73. The summed E-state index contributed by atoms with van der Waals surface area (Å²) in [7, 11) is 0. The second-order valence-corrected chi connectivity index (χ2v) is 4.43. The summed E-state index contributed by atoms with van der Waals surface area (Å²) < 4.78 is 5.16. The van der Waals surface area contributed by atoms with Crippen molar-refractivity contribution in [3.63, 3.8) is 0 Å². The number of aryl methyl sites for hydroxylation is 1. The van der Waals surface area contributed by atoms with E-state index in [1.807, 2.05) is 6.92 Å². The van der Waals surface area contributed by atoms with Gasteiger partial charge in [0.2, 0.25) is 17.5 Å². The van der Waals surface area contributed by atoms with Crippen LogP contribution in [0.3, 0.4) is 0 Å². The molecule has 8 nitrogen and oxygen atoms in total. The van der Waals surface area contributed by atoms with Crippen LogP contribution in [-0.4, -0.2) is 30.1 Å². The van der Waals surface area contributed by atoms with Crippen molar-refractivity contribution in [1.29, 1.82) is 0 Å². The molecule has 0 aliphatic rings. The van der Waals surface area contributed by atoms with Crippen LogP contribution in [0, 0.1) is 6.92 Å². The van der Waals surface area contributed by atoms with Crippen molar-refractivity contribution >= 4 is 0 Å². The number of nitrogens with one attached hydrogen (secondary N) is 1. The Balaban J connectivity index is 1.77. The van der Waals surface area contributed by atoms with Crippen molar-refractivity contribution in [3.8, 4) is 11.6 Å². The van der Waals surface area contributed by atoms with Gasteiger partial charge in [-0.25, -0.2) is 15.0 Å². The Bertz CT molecular complexity index is 674. The van der Waals surface area contributed by atoms with E-state index in [0.717, 1.165) is 11.3 Å². The van der Waals surface area contributed by atoms with E-state index >= 15 is 0 Å². The molecule has 1 atom stereocenters. The van der Waals surface area contributed by atoms with Crippen molar-refractivity contribution in [2.24, 2.45) is 5.73 Å². The zero-order chi connectivity index (χ0) is 13.9. The quantitative estimate of drug-likeness (QED) is 0.720. The molecule has 0 spiro atoms. The van der Waals surface area contributed by atoms with Crippen LogP contribution in [0.25, 0.3) is 11.6 Å². The van der Waals surface area contributed by atoms with Crippen LogP contribution in [0.2, 0.25) is 0 Å². The summed E-state index contributed by atoms with van der Waals surface area (Å²) >= 11 is 0. The minimum absolute atomic E-state index is 0.333. The van der Waals surface area contributed by atoms with Crippen LogP contribution < -0.4 is 5.73 Å².